The number of allylic oxidation sites excluding steroid dienone is 1. The average molecular weight is 457 g/mol. The van der Waals surface area contributed by atoms with Crippen LogP contribution in [0, 0.1) is 5.41 Å². The van der Waals surface area contributed by atoms with Gasteiger partial charge in [-0.3, -0.25) is 10.2 Å². The summed E-state index contributed by atoms with van der Waals surface area (Å²) in [6.45, 7) is 0. The number of sulfonamides is 1. The van der Waals surface area contributed by atoms with Crippen LogP contribution in [0.5, 0.6) is 0 Å². The number of ketones is 1. The van der Waals surface area contributed by atoms with E-state index in [1.54, 1.807) is 18.0 Å². The van der Waals surface area contributed by atoms with Gasteiger partial charge in [-0.05, 0) is 60.8 Å². The maximum Gasteiger partial charge on any atom is 0.241 e. The zero-order chi connectivity index (χ0) is 23.7. The number of azo groups is 1. The number of carboxylic acids is 1. The molecular formula is C21H22N5O5S-. The quantitative estimate of drug-likeness (QED) is 0.298. The maximum absolute atomic E-state index is 12.5. The number of nitrogens with one attached hydrogen (secondary N) is 2. The molecule has 0 amide bonds. The molecular weight excluding hydrogens is 434 g/mol. The Labute approximate surface area is 185 Å². The molecule has 0 saturated heterocycles. The number of carbonyl (C=O) groups excluding carboxylic acids is 2. The van der Waals surface area contributed by atoms with Gasteiger partial charge in [-0.15, -0.1) is 0 Å². The molecule has 2 aromatic carbocycles. The third-order valence-electron chi connectivity index (χ3n) is 4.29. The first-order valence-electron chi connectivity index (χ1n) is 9.43. The Balaban J connectivity index is 2.08. The summed E-state index contributed by atoms with van der Waals surface area (Å²) in [7, 11) is -0.339. The Kier molecular flexibility index (Phi) is 8.54. The molecule has 10 nitrogen and oxygen atoms in total. The van der Waals surface area contributed by atoms with Crippen molar-refractivity contribution in [3.8, 4) is 0 Å². The van der Waals surface area contributed by atoms with Crippen molar-refractivity contribution in [2.45, 2.75) is 23.8 Å². The van der Waals surface area contributed by atoms with Gasteiger partial charge in [-0.1, -0.05) is 0 Å². The third kappa shape index (κ3) is 7.24. The Hall–Kier alpha value is -3.66. The zero-order valence-corrected chi connectivity index (χ0v) is 18.3. The van der Waals surface area contributed by atoms with Crippen LogP contribution in [0.2, 0.25) is 0 Å². The van der Waals surface area contributed by atoms with Crippen LogP contribution in [-0.4, -0.2) is 46.2 Å². The van der Waals surface area contributed by atoms with E-state index >= 15 is 0 Å². The fourth-order valence-electron chi connectivity index (χ4n) is 2.54. The molecule has 2 aromatic rings. The number of benzene rings is 2. The second-order valence-electron chi connectivity index (χ2n) is 6.89. The zero-order valence-electron chi connectivity index (χ0n) is 17.5. The lowest BCUT2D eigenvalue weighted by Gasteiger charge is -2.19. The van der Waals surface area contributed by atoms with Gasteiger partial charge in [0.15, 0.2) is 5.78 Å². The van der Waals surface area contributed by atoms with Crippen LogP contribution in [0.3, 0.4) is 0 Å². The van der Waals surface area contributed by atoms with Gasteiger partial charge >= 0.3 is 0 Å². The van der Waals surface area contributed by atoms with E-state index in [2.05, 4.69) is 10.2 Å². The van der Waals surface area contributed by atoms with Crippen molar-refractivity contribution in [1.29, 1.82) is 5.41 Å². The number of anilines is 1. The SMILES string of the molecule is CN(C)c1ccc(N=Nc2ccc(S(=O)(=O)NC(CCC(=O)C=C=N)C(=O)[O-])cc2)cc1. The molecule has 168 valence electrons. The predicted octanol–water partition coefficient (Wildman–Crippen LogP) is 1.72. The van der Waals surface area contributed by atoms with Crippen LogP contribution in [0.1, 0.15) is 12.8 Å². The van der Waals surface area contributed by atoms with Crippen LogP contribution in [0.25, 0.3) is 0 Å². The predicted molar refractivity (Wildman–Crippen MR) is 117 cm³/mol. The highest BCUT2D eigenvalue weighted by Gasteiger charge is 2.21. The number of aliphatic carboxylic acids is 1. The fraction of sp³-hybridized carbons (Fsp3) is 0.238. The van der Waals surface area contributed by atoms with Crippen molar-refractivity contribution in [2.75, 3.05) is 19.0 Å². The lowest BCUT2D eigenvalue weighted by molar-refractivity contribution is -0.308. The van der Waals surface area contributed by atoms with Crippen molar-refractivity contribution in [3.63, 3.8) is 0 Å². The van der Waals surface area contributed by atoms with E-state index in [1.165, 1.54) is 24.3 Å². The van der Waals surface area contributed by atoms with Gasteiger partial charge in [0.2, 0.25) is 10.0 Å². The molecule has 0 spiro atoms. The van der Waals surface area contributed by atoms with E-state index < -0.39 is 27.8 Å². The molecule has 1 unspecified atom stereocenters. The second kappa shape index (κ2) is 11.1. The fourth-order valence-corrected chi connectivity index (χ4v) is 3.76. The summed E-state index contributed by atoms with van der Waals surface area (Å²) in [5.41, 5.74) is 2.04. The van der Waals surface area contributed by atoms with Crippen LogP contribution in [0.4, 0.5) is 17.1 Å². The smallest absolute Gasteiger partial charge is 0.241 e. The van der Waals surface area contributed by atoms with Crippen LogP contribution >= 0.6 is 0 Å². The van der Waals surface area contributed by atoms with Gasteiger partial charge in [0.1, 0.15) is 0 Å². The molecule has 0 aliphatic rings. The summed E-state index contributed by atoms with van der Waals surface area (Å²) in [4.78, 5) is 24.4. The van der Waals surface area contributed by atoms with Crippen molar-refractivity contribution < 1.29 is 23.1 Å². The highest BCUT2D eigenvalue weighted by Crippen LogP contribution is 2.22. The standard InChI is InChI=1S/C21H23N5O5S/c1-26(2)17-7-3-15(4-8-17)23-24-16-5-10-19(11-6-16)32(30,31)25-20(21(28)29)12-9-18(27)13-14-22/h3-8,10-11,13,20,22,25H,9,12H2,1-2H3,(H,28,29)/p-1. The lowest BCUT2D eigenvalue weighted by atomic mass is 10.1. The summed E-state index contributed by atoms with van der Waals surface area (Å²) < 4.78 is 27.0. The first kappa shape index (κ1) is 24.6. The van der Waals surface area contributed by atoms with Gasteiger partial charge < -0.3 is 14.8 Å². The second-order valence-corrected chi connectivity index (χ2v) is 8.61. The molecule has 0 aliphatic heterocycles. The molecule has 1 atom stereocenters. The van der Waals surface area contributed by atoms with E-state index in [9.17, 15) is 23.1 Å². The Morgan fingerprint density at radius 3 is 2.09 bits per heavy atom. The molecule has 0 radical (unpaired) electrons. The number of hydrogen-bond donors (Lipinski definition) is 2. The van der Waals surface area contributed by atoms with Crippen molar-refractivity contribution in [2.24, 2.45) is 10.2 Å². The normalized spacial score (nSPS) is 12.2. The minimum Gasteiger partial charge on any atom is -0.548 e. The summed E-state index contributed by atoms with van der Waals surface area (Å²) >= 11 is 0. The van der Waals surface area contributed by atoms with Crippen LogP contribution in [0.15, 0.2) is 69.7 Å². The Morgan fingerprint density at radius 1 is 1.09 bits per heavy atom. The van der Waals surface area contributed by atoms with E-state index in [0.29, 0.717) is 11.4 Å². The molecule has 0 aromatic heterocycles. The monoisotopic (exact) mass is 456 g/mol. The van der Waals surface area contributed by atoms with Crippen molar-refractivity contribution in [1.82, 2.24) is 4.72 Å². The number of carboxylic acid groups (broad SMARTS) is 1. The van der Waals surface area contributed by atoms with Gasteiger partial charge in [-0.25, -0.2) is 13.1 Å². The molecule has 2 rings (SSSR count). The van der Waals surface area contributed by atoms with Crippen LogP contribution < -0.4 is 14.7 Å². The minimum atomic E-state index is -4.18. The Morgan fingerprint density at radius 2 is 1.62 bits per heavy atom. The van der Waals surface area contributed by atoms with Crippen LogP contribution in [-0.2, 0) is 19.6 Å². The lowest BCUT2D eigenvalue weighted by Crippen LogP contribution is -2.47. The summed E-state index contributed by atoms with van der Waals surface area (Å²) in [5, 5.41) is 26.1. The summed E-state index contributed by atoms with van der Waals surface area (Å²) in [6, 6.07) is 11.2. The highest BCUT2D eigenvalue weighted by molar-refractivity contribution is 7.89. The topological polar surface area (TPSA) is 155 Å². The molecule has 0 bridgehead atoms. The minimum absolute atomic E-state index is 0.177. The Bertz CT molecular complexity index is 1140. The molecule has 0 saturated carbocycles. The van der Waals surface area contributed by atoms with Gasteiger partial charge in [0, 0.05) is 32.3 Å². The number of rotatable bonds is 11. The average Bonchev–Trinajstić information content (AvgIpc) is 2.75. The van der Waals surface area contributed by atoms with E-state index in [-0.39, 0.29) is 17.7 Å². The largest absolute Gasteiger partial charge is 0.548 e. The number of carbonyl (C=O) groups is 2. The van der Waals surface area contributed by atoms with Crippen molar-refractivity contribution >= 4 is 44.7 Å². The first-order chi connectivity index (χ1) is 15.1. The molecule has 2 N–H and O–H groups in total. The molecule has 0 fully saturated rings. The summed E-state index contributed by atoms with van der Waals surface area (Å²) in [6.07, 6.45) is 0.240. The van der Waals surface area contributed by atoms with Gasteiger partial charge in [0.25, 0.3) is 0 Å². The maximum atomic E-state index is 12.5. The number of hydrogen-bond acceptors (Lipinski definition) is 9. The third-order valence-corrected chi connectivity index (χ3v) is 5.78. The highest BCUT2D eigenvalue weighted by atomic mass is 32.2. The van der Waals surface area contributed by atoms with Crippen molar-refractivity contribution in [3.05, 3.63) is 54.6 Å². The van der Waals surface area contributed by atoms with Gasteiger partial charge in [0.05, 0.1) is 28.3 Å². The number of nitrogens with zero attached hydrogens (tertiary/aromatic N) is 3. The van der Waals surface area contributed by atoms with E-state index in [4.69, 9.17) is 5.41 Å². The molecule has 11 heteroatoms. The molecule has 32 heavy (non-hydrogen) atoms. The summed E-state index contributed by atoms with van der Waals surface area (Å²) in [5.74, 6) is -0.423. The first-order valence-corrected chi connectivity index (χ1v) is 10.9. The van der Waals surface area contributed by atoms with E-state index in [0.717, 1.165) is 11.8 Å². The van der Waals surface area contributed by atoms with Gasteiger partial charge in [-0.2, -0.15) is 10.2 Å². The van der Waals surface area contributed by atoms with E-state index in [1.807, 2.05) is 35.9 Å². The molecule has 0 aliphatic carbocycles. The molecule has 0 heterocycles.